The number of phenols is 1. The lowest BCUT2D eigenvalue weighted by Crippen LogP contribution is -2.82. The molecule has 0 bridgehead atoms. The maximum Gasteiger partial charge on any atom is 0.384 e. The van der Waals surface area contributed by atoms with E-state index in [1.165, 1.54) is 12.1 Å². The normalized spacial score (nSPS) is 24.8. The van der Waals surface area contributed by atoms with Crippen LogP contribution >= 0.6 is 0 Å². The molecule has 2 rings (SSSR count). The molecule has 0 heterocycles. The molecule has 1 aromatic rings. The van der Waals surface area contributed by atoms with Crippen LogP contribution in [0.15, 0.2) is 18.2 Å². The van der Waals surface area contributed by atoms with Crippen molar-refractivity contribution in [2.45, 2.75) is 68.4 Å². The van der Waals surface area contributed by atoms with Crippen LogP contribution in [0.3, 0.4) is 0 Å². The van der Waals surface area contributed by atoms with E-state index in [-0.39, 0.29) is 16.0 Å². The van der Waals surface area contributed by atoms with Crippen LogP contribution in [0.5, 0.6) is 5.75 Å². The first-order chi connectivity index (χ1) is 13.2. The maximum absolute atomic E-state index is 14.2. The van der Waals surface area contributed by atoms with Gasteiger partial charge in [0, 0.05) is 12.1 Å². The van der Waals surface area contributed by atoms with Gasteiger partial charge in [-0.1, -0.05) is 39.0 Å². The van der Waals surface area contributed by atoms with Gasteiger partial charge in [-0.2, -0.15) is 43.9 Å². The molecule has 1 saturated carbocycles. The number of rotatable bonds is 3. The minimum atomic E-state index is -7.00. The van der Waals surface area contributed by atoms with Crippen molar-refractivity contribution < 1.29 is 49.0 Å². The third-order valence-corrected chi connectivity index (χ3v) is 5.10. The molecule has 12 heteroatoms. The Morgan fingerprint density at radius 2 is 1.27 bits per heavy atom. The van der Waals surface area contributed by atoms with E-state index in [1.807, 2.05) is 0 Å². The first kappa shape index (κ1) is 24.5. The molecule has 1 aromatic carbocycles. The van der Waals surface area contributed by atoms with Gasteiger partial charge in [-0.25, -0.2) is 0 Å². The minimum Gasteiger partial charge on any atom is -0.507 e. The molecule has 0 saturated heterocycles. The van der Waals surface area contributed by atoms with Crippen molar-refractivity contribution in [3.05, 3.63) is 29.3 Å². The number of hydrogen-bond acceptors (Lipinski definition) is 2. The van der Waals surface area contributed by atoms with Crippen LogP contribution in [0.4, 0.5) is 43.9 Å². The van der Waals surface area contributed by atoms with Gasteiger partial charge in [0.05, 0.1) is 0 Å². The molecule has 1 aliphatic rings. The Kier molecular flexibility index (Phi) is 5.43. The van der Waals surface area contributed by atoms with Gasteiger partial charge in [0.2, 0.25) is 0 Å². The van der Waals surface area contributed by atoms with Crippen molar-refractivity contribution in [1.29, 1.82) is 0 Å². The van der Waals surface area contributed by atoms with Gasteiger partial charge >= 0.3 is 29.6 Å². The molecule has 1 aliphatic carbocycles. The average molecular weight is 455 g/mol. The Bertz CT molecular complexity index is 786. The molecular formula is C18H19F10NO. The molecule has 0 radical (unpaired) electrons. The fraction of sp³-hybridized carbons (Fsp3) is 0.667. The fourth-order valence-electron chi connectivity index (χ4n) is 3.42. The maximum atomic E-state index is 14.2. The van der Waals surface area contributed by atoms with Crippen molar-refractivity contribution >= 4 is 0 Å². The predicted octanol–water partition coefficient (Wildman–Crippen LogP) is 5.68. The van der Waals surface area contributed by atoms with Gasteiger partial charge in [-0.05, 0) is 18.0 Å². The van der Waals surface area contributed by atoms with Gasteiger partial charge in [0.25, 0.3) is 0 Å². The van der Waals surface area contributed by atoms with Crippen molar-refractivity contribution in [2.24, 2.45) is 0 Å². The molecule has 0 aromatic heterocycles. The Morgan fingerprint density at radius 3 is 1.67 bits per heavy atom. The number of phenolic OH excluding ortho intramolecular Hbond substituents is 1. The number of benzene rings is 1. The smallest absolute Gasteiger partial charge is 0.384 e. The van der Waals surface area contributed by atoms with Crippen LogP contribution in [0, 0.1) is 0 Å². The number of halogens is 10. The Labute approximate surface area is 165 Å². The largest absolute Gasteiger partial charge is 0.507 e. The number of alkyl halides is 10. The molecule has 1 fully saturated rings. The van der Waals surface area contributed by atoms with Crippen molar-refractivity contribution in [1.82, 2.24) is 4.90 Å². The quantitative estimate of drug-likeness (QED) is 0.593. The molecule has 172 valence electrons. The highest BCUT2D eigenvalue weighted by Crippen LogP contribution is 2.65. The van der Waals surface area contributed by atoms with Crippen LogP contribution in [0.25, 0.3) is 0 Å². The first-order valence-corrected chi connectivity index (χ1v) is 8.56. The van der Waals surface area contributed by atoms with Crippen LogP contribution in [0.2, 0.25) is 0 Å². The van der Waals surface area contributed by atoms with Gasteiger partial charge in [-0.3, -0.25) is 4.90 Å². The molecule has 0 atom stereocenters. The number of para-hydroxylation sites is 1. The predicted molar refractivity (Wildman–Crippen MR) is 86.8 cm³/mol. The van der Waals surface area contributed by atoms with Gasteiger partial charge < -0.3 is 5.11 Å². The number of hydrogen-bond donors (Lipinski definition) is 1. The summed E-state index contributed by atoms with van der Waals surface area (Å²) in [7, 11) is 0.380. The van der Waals surface area contributed by atoms with Crippen molar-refractivity contribution in [3.63, 3.8) is 0 Å². The third-order valence-electron chi connectivity index (χ3n) is 5.10. The first-order valence-electron chi connectivity index (χ1n) is 8.56. The third kappa shape index (κ3) is 3.04. The summed E-state index contributed by atoms with van der Waals surface area (Å²) in [6, 6.07) is -0.485. The van der Waals surface area contributed by atoms with Crippen molar-refractivity contribution in [3.8, 4) is 5.75 Å². The standard InChI is InChI=1S/C18H19F10NO/c1-13(2,3)10-7-5-6-9(11(10)30)8-29(4)12-14(19,20)16(23,24)18(27,28)17(25,26)15(12,21)22/h5-7,12,30H,8H2,1-4H3. The molecule has 0 amide bonds. The second-order valence-electron chi connectivity index (χ2n) is 8.35. The van der Waals surface area contributed by atoms with Gasteiger partial charge in [0.1, 0.15) is 5.75 Å². The molecule has 0 spiro atoms. The van der Waals surface area contributed by atoms with E-state index in [0.29, 0.717) is 7.05 Å². The molecule has 0 unspecified atom stereocenters. The summed E-state index contributed by atoms with van der Waals surface area (Å²) in [5, 5.41) is 10.3. The summed E-state index contributed by atoms with van der Waals surface area (Å²) >= 11 is 0. The summed E-state index contributed by atoms with van der Waals surface area (Å²) in [6.45, 7) is 3.80. The summed E-state index contributed by atoms with van der Waals surface area (Å²) in [5.41, 5.74) is -0.794. The topological polar surface area (TPSA) is 23.5 Å². The number of aromatic hydroxyl groups is 1. The lowest BCUT2D eigenvalue weighted by atomic mass is 9.78. The van der Waals surface area contributed by atoms with E-state index in [4.69, 9.17) is 0 Å². The molecule has 2 nitrogen and oxygen atoms in total. The van der Waals surface area contributed by atoms with Crippen LogP contribution < -0.4 is 0 Å². The zero-order valence-electron chi connectivity index (χ0n) is 16.2. The lowest BCUT2D eigenvalue weighted by molar-refractivity contribution is -0.460. The van der Waals surface area contributed by atoms with Crippen molar-refractivity contribution in [2.75, 3.05) is 7.05 Å². The fourth-order valence-corrected chi connectivity index (χ4v) is 3.42. The summed E-state index contributed by atoms with van der Waals surface area (Å²) in [4.78, 5) is -0.279. The average Bonchev–Trinajstić information content (AvgIpc) is 2.53. The molecule has 30 heavy (non-hydrogen) atoms. The molecule has 1 N–H and O–H groups in total. The van der Waals surface area contributed by atoms with Crippen LogP contribution in [0.1, 0.15) is 31.9 Å². The zero-order valence-corrected chi connectivity index (χ0v) is 16.2. The SMILES string of the molecule is CN(Cc1cccc(C(C)(C)C)c1O)C1C(F)(F)C(F)(F)C(F)(F)C(F)(F)C1(F)F. The summed E-state index contributed by atoms with van der Waals surface area (Å²) in [6.07, 6.45) is 0. The lowest BCUT2D eigenvalue weighted by Gasteiger charge is -2.52. The highest BCUT2D eigenvalue weighted by atomic mass is 19.4. The highest BCUT2D eigenvalue weighted by molar-refractivity contribution is 5.44. The minimum absolute atomic E-state index is 0.234. The summed E-state index contributed by atoms with van der Waals surface area (Å²) in [5.74, 6) is -33.5. The second-order valence-corrected chi connectivity index (χ2v) is 8.35. The highest BCUT2D eigenvalue weighted by Gasteiger charge is 2.95. The van der Waals surface area contributed by atoms with E-state index in [9.17, 15) is 49.0 Å². The molecular weight excluding hydrogens is 436 g/mol. The van der Waals surface area contributed by atoms with E-state index in [2.05, 4.69) is 0 Å². The Balaban J connectivity index is 2.58. The summed E-state index contributed by atoms with van der Waals surface area (Å²) < 4.78 is 138. The van der Waals surface area contributed by atoms with E-state index in [0.717, 1.165) is 6.07 Å². The zero-order chi connectivity index (χ0) is 23.7. The van der Waals surface area contributed by atoms with Crippen LogP contribution in [-0.2, 0) is 12.0 Å². The van der Waals surface area contributed by atoms with E-state index in [1.54, 1.807) is 20.8 Å². The monoisotopic (exact) mass is 455 g/mol. The second kappa shape index (κ2) is 6.64. The Morgan fingerprint density at radius 1 is 0.833 bits per heavy atom. The molecule has 0 aliphatic heterocycles. The van der Waals surface area contributed by atoms with E-state index >= 15 is 0 Å². The Hall–Kier alpha value is -1.72. The van der Waals surface area contributed by atoms with E-state index < -0.39 is 53.4 Å². The van der Waals surface area contributed by atoms with Crippen LogP contribution in [-0.4, -0.2) is 52.7 Å². The van der Waals surface area contributed by atoms with Gasteiger partial charge in [-0.15, -0.1) is 0 Å². The van der Waals surface area contributed by atoms with Gasteiger partial charge in [0.15, 0.2) is 6.04 Å². The number of nitrogens with zero attached hydrogens (tertiary/aromatic N) is 1.